The van der Waals surface area contributed by atoms with Gasteiger partial charge in [0.2, 0.25) is 5.91 Å². The first kappa shape index (κ1) is 13.8. The van der Waals surface area contributed by atoms with Crippen molar-refractivity contribution in [2.45, 2.75) is 17.4 Å². The molecule has 0 saturated heterocycles. The topological polar surface area (TPSA) is 29.1 Å². The maximum absolute atomic E-state index is 11.2. The Hall–Kier alpha value is -0.620. The zero-order valence-electron chi connectivity index (χ0n) is 10.1. The molecule has 4 heteroatoms. The summed E-state index contributed by atoms with van der Waals surface area (Å²) in [5.41, 5.74) is 1.09. The first-order chi connectivity index (χ1) is 8.38. The maximum Gasteiger partial charge on any atom is 0.218 e. The van der Waals surface area contributed by atoms with Gasteiger partial charge >= 0.3 is 0 Å². The summed E-state index contributed by atoms with van der Waals surface area (Å²) >= 11 is 5.72. The van der Waals surface area contributed by atoms with Crippen LogP contribution in [0.3, 0.4) is 0 Å². The Kier molecular flexibility index (Phi) is 3.96. The first-order valence-corrected chi connectivity index (χ1v) is 7.43. The number of carbonyl (C=O) groups excluding carboxylic acids is 1. The molecule has 0 saturated carbocycles. The van der Waals surface area contributed by atoms with E-state index in [0.29, 0.717) is 0 Å². The SMILES string of the molecule is CC(=O)NC(C)(I)c1ccc2cc(Br)ccc2c1. The normalized spacial score (nSPS) is 14.2. The fourth-order valence-corrected chi connectivity index (χ4v) is 3.01. The van der Waals surface area contributed by atoms with Gasteiger partial charge in [0.15, 0.2) is 0 Å². The van der Waals surface area contributed by atoms with E-state index in [1.54, 1.807) is 0 Å². The van der Waals surface area contributed by atoms with E-state index in [4.69, 9.17) is 0 Å². The number of alkyl halides is 1. The molecule has 0 aliphatic rings. The molecule has 0 fully saturated rings. The van der Waals surface area contributed by atoms with Gasteiger partial charge in [-0.3, -0.25) is 4.79 Å². The second kappa shape index (κ2) is 5.17. The molecule has 94 valence electrons. The third-order valence-corrected chi connectivity index (χ3v) is 4.14. The van der Waals surface area contributed by atoms with Gasteiger partial charge in [0.25, 0.3) is 0 Å². The monoisotopic (exact) mass is 417 g/mol. The Balaban J connectivity index is 2.47. The highest BCUT2D eigenvalue weighted by Gasteiger charge is 2.23. The third kappa shape index (κ3) is 3.03. The summed E-state index contributed by atoms with van der Waals surface area (Å²) in [6.07, 6.45) is 0. The fourth-order valence-electron chi connectivity index (χ4n) is 1.91. The molecule has 2 aromatic carbocycles. The van der Waals surface area contributed by atoms with E-state index in [1.807, 2.05) is 13.0 Å². The van der Waals surface area contributed by atoms with Crippen LogP contribution in [-0.2, 0) is 8.34 Å². The van der Waals surface area contributed by atoms with Gasteiger partial charge in [-0.05, 0) is 64.0 Å². The summed E-state index contributed by atoms with van der Waals surface area (Å²) in [5.74, 6) is -0.0252. The Morgan fingerprint density at radius 3 is 2.50 bits per heavy atom. The predicted molar refractivity (Wildman–Crippen MR) is 86.8 cm³/mol. The number of nitrogens with one attached hydrogen (secondary N) is 1. The molecule has 0 aliphatic carbocycles. The van der Waals surface area contributed by atoms with E-state index in [1.165, 1.54) is 17.7 Å². The number of halogens is 2. The van der Waals surface area contributed by atoms with Crippen LogP contribution in [0.1, 0.15) is 19.4 Å². The van der Waals surface area contributed by atoms with E-state index < -0.39 is 0 Å². The number of rotatable bonds is 2. The van der Waals surface area contributed by atoms with Crippen molar-refractivity contribution in [1.29, 1.82) is 0 Å². The average molecular weight is 418 g/mol. The average Bonchev–Trinajstić information content (AvgIpc) is 2.26. The van der Waals surface area contributed by atoms with E-state index >= 15 is 0 Å². The highest BCUT2D eigenvalue weighted by molar-refractivity contribution is 14.1. The first-order valence-electron chi connectivity index (χ1n) is 5.56. The molecule has 1 amide bonds. The Labute approximate surface area is 128 Å². The molecule has 0 radical (unpaired) electrons. The number of fused-ring (bicyclic) bond motifs is 1. The van der Waals surface area contributed by atoms with Crippen molar-refractivity contribution < 1.29 is 4.79 Å². The van der Waals surface area contributed by atoms with Gasteiger partial charge in [-0.15, -0.1) is 0 Å². The lowest BCUT2D eigenvalue weighted by Crippen LogP contribution is -2.36. The minimum Gasteiger partial charge on any atom is -0.338 e. The Morgan fingerprint density at radius 1 is 1.22 bits per heavy atom. The van der Waals surface area contributed by atoms with Crippen LogP contribution in [0.4, 0.5) is 0 Å². The quantitative estimate of drug-likeness (QED) is 0.439. The Bertz CT molecular complexity index is 610. The highest BCUT2D eigenvalue weighted by atomic mass is 127. The molecule has 1 N–H and O–H groups in total. The van der Waals surface area contributed by atoms with E-state index in [-0.39, 0.29) is 9.45 Å². The van der Waals surface area contributed by atoms with Crippen LogP contribution in [0.25, 0.3) is 10.8 Å². The van der Waals surface area contributed by atoms with Gasteiger partial charge in [0, 0.05) is 11.4 Å². The largest absolute Gasteiger partial charge is 0.338 e. The molecule has 0 bridgehead atoms. The van der Waals surface area contributed by atoms with Gasteiger partial charge in [0.05, 0.1) is 0 Å². The number of amides is 1. The fraction of sp³-hybridized carbons (Fsp3) is 0.214. The number of hydrogen-bond donors (Lipinski definition) is 1. The minimum absolute atomic E-state index is 0.0252. The number of carbonyl (C=O) groups is 1. The van der Waals surface area contributed by atoms with Crippen molar-refractivity contribution in [3.05, 3.63) is 46.4 Å². The van der Waals surface area contributed by atoms with Gasteiger partial charge in [-0.2, -0.15) is 0 Å². The molecule has 18 heavy (non-hydrogen) atoms. The van der Waals surface area contributed by atoms with Gasteiger partial charge < -0.3 is 5.32 Å². The molecule has 1 atom stereocenters. The molecule has 0 spiro atoms. The molecule has 1 unspecified atom stereocenters. The van der Waals surface area contributed by atoms with Crippen molar-refractivity contribution in [1.82, 2.24) is 5.32 Å². The molecule has 2 aromatic rings. The Morgan fingerprint density at radius 2 is 1.83 bits per heavy atom. The van der Waals surface area contributed by atoms with Crippen LogP contribution in [0.15, 0.2) is 40.9 Å². The van der Waals surface area contributed by atoms with E-state index in [0.717, 1.165) is 10.0 Å². The zero-order valence-corrected chi connectivity index (χ0v) is 13.9. The van der Waals surface area contributed by atoms with Crippen molar-refractivity contribution in [3.8, 4) is 0 Å². The van der Waals surface area contributed by atoms with E-state index in [9.17, 15) is 4.79 Å². The van der Waals surface area contributed by atoms with Crippen molar-refractivity contribution >= 4 is 55.2 Å². The molecule has 2 nitrogen and oxygen atoms in total. The lowest BCUT2D eigenvalue weighted by Gasteiger charge is -2.24. The van der Waals surface area contributed by atoms with Gasteiger partial charge in [0.1, 0.15) is 3.55 Å². The molecule has 0 aromatic heterocycles. The van der Waals surface area contributed by atoms with Crippen LogP contribution in [0.5, 0.6) is 0 Å². The van der Waals surface area contributed by atoms with Crippen molar-refractivity contribution in [2.24, 2.45) is 0 Å². The summed E-state index contributed by atoms with van der Waals surface area (Å²) in [6.45, 7) is 3.53. The van der Waals surface area contributed by atoms with Crippen LogP contribution >= 0.6 is 38.5 Å². The molecule has 0 heterocycles. The lowest BCUT2D eigenvalue weighted by atomic mass is 10.0. The molecular weight excluding hydrogens is 405 g/mol. The number of hydrogen-bond acceptors (Lipinski definition) is 1. The van der Waals surface area contributed by atoms with Crippen molar-refractivity contribution in [2.75, 3.05) is 0 Å². The summed E-state index contributed by atoms with van der Waals surface area (Å²) in [5, 5.41) is 5.30. The smallest absolute Gasteiger partial charge is 0.218 e. The summed E-state index contributed by atoms with van der Waals surface area (Å²) in [6, 6.07) is 12.4. The van der Waals surface area contributed by atoms with Crippen LogP contribution in [0.2, 0.25) is 0 Å². The van der Waals surface area contributed by atoms with Gasteiger partial charge in [-0.1, -0.05) is 34.1 Å². The van der Waals surface area contributed by atoms with Crippen LogP contribution in [0, 0.1) is 0 Å². The summed E-state index contributed by atoms with van der Waals surface area (Å²) in [7, 11) is 0. The second-order valence-electron chi connectivity index (χ2n) is 4.39. The van der Waals surface area contributed by atoms with Gasteiger partial charge in [-0.25, -0.2) is 0 Å². The molecule has 0 aliphatic heterocycles. The van der Waals surface area contributed by atoms with E-state index in [2.05, 4.69) is 74.2 Å². The van der Waals surface area contributed by atoms with Crippen molar-refractivity contribution in [3.63, 3.8) is 0 Å². The predicted octanol–water partition coefficient (Wildman–Crippen LogP) is 4.35. The summed E-state index contributed by atoms with van der Waals surface area (Å²) < 4.78 is 0.687. The highest BCUT2D eigenvalue weighted by Crippen LogP contribution is 2.31. The molecule has 2 rings (SSSR count). The maximum atomic E-state index is 11.2. The lowest BCUT2D eigenvalue weighted by molar-refractivity contribution is -0.119. The van der Waals surface area contributed by atoms with Crippen LogP contribution < -0.4 is 5.32 Å². The summed E-state index contributed by atoms with van der Waals surface area (Å²) in [4.78, 5) is 11.2. The third-order valence-electron chi connectivity index (χ3n) is 2.76. The van der Waals surface area contributed by atoms with Crippen LogP contribution in [-0.4, -0.2) is 5.91 Å². The minimum atomic E-state index is -0.384. The zero-order chi connectivity index (χ0) is 13.3. The second-order valence-corrected chi connectivity index (χ2v) is 7.46. The number of benzene rings is 2. The standard InChI is InChI=1S/C14H13BrINO/c1-9(18)17-14(2,16)12-5-3-11-8-13(15)6-4-10(11)7-12/h3-8H,1-2H3,(H,17,18). The molecular formula is C14H13BrINO.